The summed E-state index contributed by atoms with van der Waals surface area (Å²) in [6, 6.07) is -0.578. The van der Waals surface area contributed by atoms with Gasteiger partial charge in [-0.1, -0.05) is 13.3 Å². The van der Waals surface area contributed by atoms with Gasteiger partial charge in [-0.05, 0) is 19.3 Å². The Morgan fingerprint density at radius 2 is 2.06 bits per heavy atom. The Balaban J connectivity index is 3.59. The Kier molecular flexibility index (Phi) is 8.24. The molecule has 1 unspecified atom stereocenters. The highest BCUT2D eigenvalue weighted by Gasteiger charge is 2.13. The summed E-state index contributed by atoms with van der Waals surface area (Å²) < 4.78 is 4.97. The average Bonchev–Trinajstić information content (AvgIpc) is 2.24. The van der Waals surface area contributed by atoms with E-state index in [1.807, 2.05) is 6.92 Å². The van der Waals surface area contributed by atoms with E-state index in [2.05, 4.69) is 4.99 Å². The van der Waals surface area contributed by atoms with Crippen molar-refractivity contribution in [2.24, 2.45) is 22.2 Å². The van der Waals surface area contributed by atoms with Crippen LogP contribution in [0.3, 0.4) is 0 Å². The minimum atomic E-state index is -0.578. The van der Waals surface area contributed by atoms with Gasteiger partial charge in [-0.3, -0.25) is 9.79 Å². The fraction of sp³-hybridized carbons (Fsp3) is 0.800. The number of nitrogens with zero attached hydrogens (tertiary/aromatic N) is 1. The van der Waals surface area contributed by atoms with Gasteiger partial charge < -0.3 is 21.9 Å². The lowest BCUT2D eigenvalue weighted by Gasteiger charge is -2.10. The molecule has 0 saturated carbocycles. The summed E-state index contributed by atoms with van der Waals surface area (Å²) in [5, 5.41) is 0. The van der Waals surface area contributed by atoms with Crippen LogP contribution in [-0.2, 0) is 9.53 Å². The van der Waals surface area contributed by atoms with E-state index in [4.69, 9.17) is 21.9 Å². The molecule has 16 heavy (non-hydrogen) atoms. The first-order valence-electron chi connectivity index (χ1n) is 5.55. The van der Waals surface area contributed by atoms with Crippen LogP contribution in [0, 0.1) is 0 Å². The topological polar surface area (TPSA) is 117 Å². The lowest BCUT2D eigenvalue weighted by atomic mass is 10.2. The maximum absolute atomic E-state index is 11.3. The highest BCUT2D eigenvalue weighted by Crippen LogP contribution is 1.99. The monoisotopic (exact) mass is 230 g/mol. The third-order valence-electron chi connectivity index (χ3n) is 2.01. The van der Waals surface area contributed by atoms with Crippen LogP contribution in [0.15, 0.2) is 4.99 Å². The number of carbonyl (C=O) groups excluding carboxylic acids is 1. The summed E-state index contributed by atoms with van der Waals surface area (Å²) >= 11 is 0. The molecule has 0 rings (SSSR count). The minimum Gasteiger partial charge on any atom is -0.465 e. The van der Waals surface area contributed by atoms with E-state index in [-0.39, 0.29) is 11.9 Å². The molecule has 0 aromatic heterocycles. The van der Waals surface area contributed by atoms with Crippen molar-refractivity contribution in [1.82, 2.24) is 0 Å². The van der Waals surface area contributed by atoms with Crippen LogP contribution in [0.25, 0.3) is 0 Å². The normalized spacial score (nSPS) is 11.9. The lowest BCUT2D eigenvalue weighted by Crippen LogP contribution is -2.32. The highest BCUT2D eigenvalue weighted by atomic mass is 16.5. The summed E-state index contributed by atoms with van der Waals surface area (Å²) in [4.78, 5) is 15.1. The standard InChI is InChI=1S/C10H22N4O2/c1-2-3-7-16-9(15)8(11)5-4-6-14-10(12)13/h8H,2-7,11H2,1H3,(H4,12,13,14). The number of hydrogen-bond donors (Lipinski definition) is 3. The van der Waals surface area contributed by atoms with Gasteiger partial charge in [0.2, 0.25) is 0 Å². The summed E-state index contributed by atoms with van der Waals surface area (Å²) in [6.45, 7) is 2.96. The van der Waals surface area contributed by atoms with Gasteiger partial charge in [-0.2, -0.15) is 0 Å². The molecule has 0 aliphatic rings. The molecule has 0 fully saturated rings. The number of nitrogens with two attached hydrogens (primary N) is 3. The fourth-order valence-corrected chi connectivity index (χ4v) is 1.06. The zero-order valence-electron chi connectivity index (χ0n) is 9.82. The van der Waals surface area contributed by atoms with Gasteiger partial charge in [0.05, 0.1) is 6.61 Å². The summed E-state index contributed by atoms with van der Waals surface area (Å²) in [6.07, 6.45) is 3.06. The second kappa shape index (κ2) is 8.96. The van der Waals surface area contributed by atoms with Crippen LogP contribution in [0.4, 0.5) is 0 Å². The van der Waals surface area contributed by atoms with Crippen molar-refractivity contribution in [3.63, 3.8) is 0 Å². The van der Waals surface area contributed by atoms with Crippen molar-refractivity contribution in [1.29, 1.82) is 0 Å². The van der Waals surface area contributed by atoms with E-state index in [1.54, 1.807) is 0 Å². The molecule has 0 heterocycles. The van der Waals surface area contributed by atoms with Gasteiger partial charge in [0.25, 0.3) is 0 Å². The van der Waals surface area contributed by atoms with Gasteiger partial charge in [0, 0.05) is 6.54 Å². The van der Waals surface area contributed by atoms with Crippen molar-refractivity contribution in [2.75, 3.05) is 13.2 Å². The van der Waals surface area contributed by atoms with Gasteiger partial charge in [0.1, 0.15) is 6.04 Å². The maximum atomic E-state index is 11.3. The molecule has 0 bridgehead atoms. The quantitative estimate of drug-likeness (QED) is 0.229. The molecule has 0 aromatic rings. The number of ether oxygens (including phenoxy) is 1. The molecule has 6 heteroatoms. The van der Waals surface area contributed by atoms with Crippen molar-refractivity contribution in [3.8, 4) is 0 Å². The maximum Gasteiger partial charge on any atom is 0.322 e. The first kappa shape index (κ1) is 14.7. The van der Waals surface area contributed by atoms with Crippen molar-refractivity contribution >= 4 is 11.9 Å². The van der Waals surface area contributed by atoms with E-state index in [1.165, 1.54) is 0 Å². The molecule has 6 N–H and O–H groups in total. The van der Waals surface area contributed by atoms with Crippen molar-refractivity contribution in [3.05, 3.63) is 0 Å². The fourth-order valence-electron chi connectivity index (χ4n) is 1.06. The third-order valence-corrected chi connectivity index (χ3v) is 2.01. The molecule has 0 radical (unpaired) electrons. The zero-order chi connectivity index (χ0) is 12.4. The number of carbonyl (C=O) groups is 1. The van der Waals surface area contributed by atoms with Crippen LogP contribution in [0.1, 0.15) is 32.6 Å². The van der Waals surface area contributed by atoms with Gasteiger partial charge in [-0.25, -0.2) is 0 Å². The Morgan fingerprint density at radius 1 is 1.38 bits per heavy atom. The number of esters is 1. The van der Waals surface area contributed by atoms with Gasteiger partial charge >= 0.3 is 5.97 Å². The second-order valence-electron chi connectivity index (χ2n) is 3.58. The Labute approximate surface area is 96.2 Å². The molecule has 0 aliphatic heterocycles. The molecular weight excluding hydrogens is 208 g/mol. The Hall–Kier alpha value is -1.30. The van der Waals surface area contributed by atoms with E-state index in [0.717, 1.165) is 12.8 Å². The Morgan fingerprint density at radius 3 is 2.62 bits per heavy atom. The van der Waals surface area contributed by atoms with Crippen molar-refractivity contribution in [2.45, 2.75) is 38.6 Å². The molecule has 6 nitrogen and oxygen atoms in total. The predicted octanol–water partition coefficient (Wildman–Crippen LogP) is -0.289. The molecule has 0 aliphatic carbocycles. The number of guanidine groups is 1. The highest BCUT2D eigenvalue weighted by molar-refractivity contribution is 5.76. The van der Waals surface area contributed by atoms with Crippen LogP contribution in [-0.4, -0.2) is 31.1 Å². The summed E-state index contributed by atoms with van der Waals surface area (Å²) in [7, 11) is 0. The lowest BCUT2D eigenvalue weighted by molar-refractivity contribution is -0.145. The summed E-state index contributed by atoms with van der Waals surface area (Å²) in [5.41, 5.74) is 15.9. The summed E-state index contributed by atoms with van der Waals surface area (Å²) in [5.74, 6) is -0.294. The average molecular weight is 230 g/mol. The molecular formula is C10H22N4O2. The van der Waals surface area contributed by atoms with Crippen LogP contribution >= 0.6 is 0 Å². The first-order valence-corrected chi connectivity index (χ1v) is 5.55. The molecule has 94 valence electrons. The number of rotatable bonds is 8. The molecule has 0 saturated heterocycles. The second-order valence-corrected chi connectivity index (χ2v) is 3.58. The first-order chi connectivity index (χ1) is 7.57. The van der Waals surface area contributed by atoms with E-state index in [0.29, 0.717) is 26.0 Å². The largest absolute Gasteiger partial charge is 0.465 e. The van der Waals surface area contributed by atoms with Crippen LogP contribution in [0.2, 0.25) is 0 Å². The molecule has 1 atom stereocenters. The third kappa shape index (κ3) is 8.05. The number of unbranched alkanes of at least 4 members (excludes halogenated alkanes) is 1. The predicted molar refractivity (Wildman–Crippen MR) is 63.8 cm³/mol. The van der Waals surface area contributed by atoms with Gasteiger partial charge in [-0.15, -0.1) is 0 Å². The molecule has 0 amide bonds. The SMILES string of the molecule is CCCCOC(=O)C(N)CCCN=C(N)N. The Bertz CT molecular complexity index is 227. The number of aliphatic imine (C=N–C) groups is 1. The van der Waals surface area contributed by atoms with Crippen LogP contribution < -0.4 is 17.2 Å². The van der Waals surface area contributed by atoms with E-state index < -0.39 is 6.04 Å². The molecule has 0 spiro atoms. The van der Waals surface area contributed by atoms with Crippen LogP contribution in [0.5, 0.6) is 0 Å². The number of hydrogen-bond acceptors (Lipinski definition) is 4. The minimum absolute atomic E-state index is 0.0547. The molecule has 0 aromatic carbocycles. The van der Waals surface area contributed by atoms with E-state index >= 15 is 0 Å². The van der Waals surface area contributed by atoms with Crippen molar-refractivity contribution < 1.29 is 9.53 Å². The smallest absolute Gasteiger partial charge is 0.322 e. The van der Waals surface area contributed by atoms with E-state index in [9.17, 15) is 4.79 Å². The van der Waals surface area contributed by atoms with Gasteiger partial charge in [0.15, 0.2) is 5.96 Å². The zero-order valence-corrected chi connectivity index (χ0v) is 9.82.